The van der Waals surface area contributed by atoms with Gasteiger partial charge in [-0.15, -0.1) is 0 Å². The van der Waals surface area contributed by atoms with Crippen LogP contribution in [0.15, 0.2) is 0 Å². The lowest BCUT2D eigenvalue weighted by Gasteiger charge is -2.30. The monoisotopic (exact) mass is 304 g/mol. The summed E-state index contributed by atoms with van der Waals surface area (Å²) >= 11 is 0. The van der Waals surface area contributed by atoms with E-state index in [9.17, 15) is 19.5 Å². The van der Waals surface area contributed by atoms with Crippen LogP contribution in [0.1, 0.15) is 53.4 Å². The van der Waals surface area contributed by atoms with Crippen molar-refractivity contribution in [2.45, 2.75) is 64.6 Å². The van der Waals surface area contributed by atoms with Crippen molar-refractivity contribution in [1.82, 2.24) is 0 Å². The molecule has 122 valence electrons. The Morgan fingerprint density at radius 2 is 1.62 bits per heavy atom. The fraction of sp³-hybridized carbons (Fsp3) is 0.786. The fourth-order valence-corrected chi connectivity index (χ4v) is 2.13. The number of carboxylic acid groups (broad SMARTS) is 2. The standard InChI is InChI=1S/C14H24O7/c1-5-7-13(3,4)21-11(17)9-14(12(18)19,20-6-2)8-10(15)16/h5-9H2,1-4H3,(H,15,16)(H,18,19). The van der Waals surface area contributed by atoms with Crippen molar-refractivity contribution in [3.05, 3.63) is 0 Å². The Balaban J connectivity index is 5.07. The second kappa shape index (κ2) is 7.97. The lowest BCUT2D eigenvalue weighted by molar-refractivity contribution is -0.183. The summed E-state index contributed by atoms with van der Waals surface area (Å²) in [5.74, 6) is -3.63. The molecule has 0 heterocycles. The Morgan fingerprint density at radius 1 is 1.05 bits per heavy atom. The molecular formula is C14H24O7. The van der Waals surface area contributed by atoms with Crippen LogP contribution in [0.3, 0.4) is 0 Å². The number of rotatable bonds is 10. The normalized spacial score (nSPS) is 14.3. The summed E-state index contributed by atoms with van der Waals surface area (Å²) < 4.78 is 10.3. The van der Waals surface area contributed by atoms with Crippen LogP contribution >= 0.6 is 0 Å². The SMILES string of the molecule is CCCC(C)(C)OC(=O)CC(CC(=O)O)(OCC)C(=O)O. The van der Waals surface area contributed by atoms with Gasteiger partial charge in [-0.05, 0) is 27.2 Å². The summed E-state index contributed by atoms with van der Waals surface area (Å²) in [4.78, 5) is 34.2. The Labute approximate surface area is 124 Å². The molecule has 0 saturated carbocycles. The van der Waals surface area contributed by atoms with Crippen LogP contribution in [-0.4, -0.2) is 45.9 Å². The first-order valence-corrected chi connectivity index (χ1v) is 6.89. The quantitative estimate of drug-likeness (QED) is 0.592. The molecule has 0 amide bonds. The molecule has 0 saturated heterocycles. The van der Waals surface area contributed by atoms with E-state index in [-0.39, 0.29) is 6.61 Å². The van der Waals surface area contributed by atoms with Crippen LogP contribution in [-0.2, 0) is 23.9 Å². The maximum Gasteiger partial charge on any atom is 0.337 e. The molecule has 21 heavy (non-hydrogen) atoms. The molecule has 1 unspecified atom stereocenters. The van der Waals surface area contributed by atoms with Crippen molar-refractivity contribution in [3.8, 4) is 0 Å². The van der Waals surface area contributed by atoms with E-state index in [4.69, 9.17) is 14.6 Å². The van der Waals surface area contributed by atoms with Gasteiger partial charge in [0.05, 0.1) is 12.8 Å². The number of aliphatic carboxylic acids is 2. The van der Waals surface area contributed by atoms with Crippen LogP contribution in [0.5, 0.6) is 0 Å². The minimum atomic E-state index is -2.10. The molecule has 0 aliphatic rings. The molecule has 0 aromatic rings. The van der Waals surface area contributed by atoms with E-state index >= 15 is 0 Å². The number of carboxylic acids is 2. The Bertz CT molecular complexity index is 389. The number of carbonyl (C=O) groups is 3. The number of carbonyl (C=O) groups excluding carboxylic acids is 1. The zero-order chi connectivity index (χ0) is 16.7. The van der Waals surface area contributed by atoms with E-state index < -0.39 is 42.0 Å². The molecule has 1 atom stereocenters. The average Bonchev–Trinajstić information content (AvgIpc) is 2.26. The largest absolute Gasteiger partial charge is 0.481 e. The van der Waals surface area contributed by atoms with E-state index in [0.717, 1.165) is 6.42 Å². The summed E-state index contributed by atoms with van der Waals surface area (Å²) in [5, 5.41) is 18.1. The van der Waals surface area contributed by atoms with Crippen LogP contribution in [0.4, 0.5) is 0 Å². The summed E-state index contributed by atoms with van der Waals surface area (Å²) in [6.45, 7) is 6.88. The van der Waals surface area contributed by atoms with Gasteiger partial charge in [0.15, 0.2) is 5.60 Å². The van der Waals surface area contributed by atoms with E-state index in [2.05, 4.69) is 0 Å². The third-order valence-electron chi connectivity index (χ3n) is 2.92. The number of esters is 1. The lowest BCUT2D eigenvalue weighted by atomic mass is 9.94. The van der Waals surface area contributed by atoms with Gasteiger partial charge in [-0.3, -0.25) is 9.59 Å². The van der Waals surface area contributed by atoms with Gasteiger partial charge in [0.1, 0.15) is 5.60 Å². The first kappa shape index (κ1) is 19.4. The highest BCUT2D eigenvalue weighted by atomic mass is 16.6. The topological polar surface area (TPSA) is 110 Å². The molecule has 0 aromatic carbocycles. The maximum absolute atomic E-state index is 12.0. The molecule has 0 aliphatic carbocycles. The summed E-state index contributed by atoms with van der Waals surface area (Å²) in [5.41, 5.74) is -2.83. The van der Waals surface area contributed by atoms with E-state index in [1.807, 2.05) is 6.92 Å². The second-order valence-electron chi connectivity index (χ2n) is 5.46. The number of hydrogen-bond donors (Lipinski definition) is 2. The first-order valence-electron chi connectivity index (χ1n) is 6.89. The van der Waals surface area contributed by atoms with Crippen LogP contribution in [0, 0.1) is 0 Å². The minimum absolute atomic E-state index is 0.0226. The van der Waals surface area contributed by atoms with Gasteiger partial charge in [0.2, 0.25) is 0 Å². The summed E-state index contributed by atoms with van der Waals surface area (Å²) in [6.07, 6.45) is -0.0353. The smallest absolute Gasteiger partial charge is 0.337 e. The molecule has 7 heteroatoms. The second-order valence-corrected chi connectivity index (χ2v) is 5.46. The van der Waals surface area contributed by atoms with Crippen LogP contribution in [0.2, 0.25) is 0 Å². The molecule has 0 aromatic heterocycles. The van der Waals surface area contributed by atoms with Crippen molar-refractivity contribution in [2.24, 2.45) is 0 Å². The highest BCUT2D eigenvalue weighted by Crippen LogP contribution is 2.25. The number of hydrogen-bond acceptors (Lipinski definition) is 5. The Morgan fingerprint density at radius 3 is 2.00 bits per heavy atom. The summed E-state index contributed by atoms with van der Waals surface area (Å²) in [7, 11) is 0. The zero-order valence-corrected chi connectivity index (χ0v) is 13.0. The van der Waals surface area contributed by atoms with Crippen LogP contribution < -0.4 is 0 Å². The van der Waals surface area contributed by atoms with Crippen molar-refractivity contribution in [3.63, 3.8) is 0 Å². The first-order chi connectivity index (χ1) is 9.58. The van der Waals surface area contributed by atoms with E-state index in [1.165, 1.54) is 6.92 Å². The van der Waals surface area contributed by atoms with Gasteiger partial charge in [0.25, 0.3) is 0 Å². The maximum atomic E-state index is 12.0. The fourth-order valence-electron chi connectivity index (χ4n) is 2.13. The molecule has 2 N–H and O–H groups in total. The third kappa shape index (κ3) is 6.57. The van der Waals surface area contributed by atoms with E-state index in [1.54, 1.807) is 13.8 Å². The Kier molecular flexibility index (Phi) is 7.35. The number of ether oxygens (including phenoxy) is 2. The van der Waals surface area contributed by atoms with Gasteiger partial charge >= 0.3 is 17.9 Å². The molecule has 0 radical (unpaired) electrons. The molecule has 0 spiro atoms. The average molecular weight is 304 g/mol. The van der Waals surface area contributed by atoms with E-state index in [0.29, 0.717) is 6.42 Å². The molecule has 0 aliphatic heterocycles. The molecule has 0 bridgehead atoms. The van der Waals surface area contributed by atoms with Crippen molar-refractivity contribution in [1.29, 1.82) is 0 Å². The molecule has 7 nitrogen and oxygen atoms in total. The van der Waals surface area contributed by atoms with Crippen molar-refractivity contribution >= 4 is 17.9 Å². The zero-order valence-electron chi connectivity index (χ0n) is 13.0. The van der Waals surface area contributed by atoms with Gasteiger partial charge < -0.3 is 19.7 Å². The predicted octanol–water partition coefficient (Wildman–Crippen LogP) is 1.83. The van der Waals surface area contributed by atoms with Crippen molar-refractivity contribution < 1.29 is 34.1 Å². The highest BCUT2D eigenvalue weighted by molar-refractivity contribution is 5.89. The van der Waals surface area contributed by atoms with Gasteiger partial charge in [-0.1, -0.05) is 13.3 Å². The van der Waals surface area contributed by atoms with Gasteiger partial charge in [0, 0.05) is 6.61 Å². The van der Waals surface area contributed by atoms with Gasteiger partial charge in [-0.25, -0.2) is 4.79 Å². The molecular weight excluding hydrogens is 280 g/mol. The Hall–Kier alpha value is -1.63. The molecule has 0 rings (SSSR count). The third-order valence-corrected chi connectivity index (χ3v) is 2.92. The van der Waals surface area contributed by atoms with Gasteiger partial charge in [-0.2, -0.15) is 0 Å². The van der Waals surface area contributed by atoms with Crippen molar-refractivity contribution in [2.75, 3.05) is 6.61 Å². The predicted molar refractivity (Wildman–Crippen MR) is 73.9 cm³/mol. The molecule has 0 fully saturated rings. The lowest BCUT2D eigenvalue weighted by Crippen LogP contribution is -2.46. The summed E-state index contributed by atoms with van der Waals surface area (Å²) in [6, 6.07) is 0. The van der Waals surface area contributed by atoms with Crippen LogP contribution in [0.25, 0.3) is 0 Å². The minimum Gasteiger partial charge on any atom is -0.481 e. The highest BCUT2D eigenvalue weighted by Gasteiger charge is 2.45.